The van der Waals surface area contributed by atoms with Gasteiger partial charge in [-0.3, -0.25) is 14.0 Å². The maximum atomic E-state index is 13.0. The van der Waals surface area contributed by atoms with Crippen molar-refractivity contribution in [3.8, 4) is 0 Å². The molecule has 1 aliphatic heterocycles. The fourth-order valence-electron chi connectivity index (χ4n) is 3.44. The molecule has 128 valence electrons. The molecule has 1 aliphatic rings. The summed E-state index contributed by atoms with van der Waals surface area (Å²) in [5, 5.41) is 4.04. The van der Waals surface area contributed by atoms with Crippen molar-refractivity contribution in [2.75, 3.05) is 6.54 Å². The number of aromatic nitrogens is 3. The number of rotatable bonds is 2. The van der Waals surface area contributed by atoms with Crippen molar-refractivity contribution >= 4 is 11.6 Å². The van der Waals surface area contributed by atoms with Crippen LogP contribution < -0.4 is 5.56 Å². The van der Waals surface area contributed by atoms with Crippen LogP contribution in [0.4, 0.5) is 0 Å². The first-order chi connectivity index (χ1) is 12.1. The van der Waals surface area contributed by atoms with Gasteiger partial charge in [-0.25, -0.2) is 4.98 Å². The van der Waals surface area contributed by atoms with E-state index in [4.69, 9.17) is 4.52 Å². The van der Waals surface area contributed by atoms with Crippen molar-refractivity contribution in [2.45, 2.75) is 32.7 Å². The number of hydrogen-bond acceptors (Lipinski definition) is 5. The normalized spacial score (nSPS) is 17.4. The Bertz CT molecular complexity index is 1020. The SMILES string of the molecule is Cc1cc(C2CCCN2C(=O)c2cnc3cccc(C)n3c2=O)no1. The van der Waals surface area contributed by atoms with Gasteiger partial charge in [0.15, 0.2) is 0 Å². The van der Waals surface area contributed by atoms with E-state index in [9.17, 15) is 9.59 Å². The summed E-state index contributed by atoms with van der Waals surface area (Å²) in [6, 6.07) is 7.08. The molecule has 1 saturated heterocycles. The second-order valence-electron chi connectivity index (χ2n) is 6.36. The van der Waals surface area contributed by atoms with E-state index in [2.05, 4.69) is 10.1 Å². The lowest BCUT2D eigenvalue weighted by Gasteiger charge is -2.22. The van der Waals surface area contributed by atoms with Crippen LogP contribution in [-0.4, -0.2) is 31.9 Å². The molecule has 0 aliphatic carbocycles. The third-order valence-corrected chi connectivity index (χ3v) is 4.66. The predicted molar refractivity (Wildman–Crippen MR) is 90.5 cm³/mol. The maximum absolute atomic E-state index is 13.0. The van der Waals surface area contributed by atoms with Crippen LogP contribution in [0.1, 0.15) is 46.4 Å². The maximum Gasteiger partial charge on any atom is 0.270 e. The van der Waals surface area contributed by atoms with Gasteiger partial charge in [-0.05, 0) is 38.8 Å². The van der Waals surface area contributed by atoms with Gasteiger partial charge in [0.25, 0.3) is 11.5 Å². The number of carbonyl (C=O) groups is 1. The zero-order chi connectivity index (χ0) is 17.6. The van der Waals surface area contributed by atoms with E-state index in [0.29, 0.717) is 18.0 Å². The summed E-state index contributed by atoms with van der Waals surface area (Å²) < 4.78 is 6.61. The monoisotopic (exact) mass is 338 g/mol. The minimum absolute atomic E-state index is 0.0823. The van der Waals surface area contributed by atoms with E-state index in [1.54, 1.807) is 11.0 Å². The van der Waals surface area contributed by atoms with Crippen LogP contribution >= 0.6 is 0 Å². The van der Waals surface area contributed by atoms with Crippen LogP contribution in [-0.2, 0) is 0 Å². The van der Waals surface area contributed by atoms with Crippen molar-refractivity contribution in [1.29, 1.82) is 0 Å². The van der Waals surface area contributed by atoms with Crippen molar-refractivity contribution in [2.24, 2.45) is 0 Å². The van der Waals surface area contributed by atoms with Gasteiger partial charge < -0.3 is 9.42 Å². The topological polar surface area (TPSA) is 80.7 Å². The van der Waals surface area contributed by atoms with Crippen molar-refractivity contribution < 1.29 is 9.32 Å². The highest BCUT2D eigenvalue weighted by Gasteiger charge is 2.34. The number of hydrogen-bond donors (Lipinski definition) is 0. The molecular weight excluding hydrogens is 320 g/mol. The zero-order valence-electron chi connectivity index (χ0n) is 14.1. The molecule has 4 heterocycles. The van der Waals surface area contributed by atoms with E-state index in [-0.39, 0.29) is 23.1 Å². The van der Waals surface area contributed by atoms with Crippen LogP contribution in [0, 0.1) is 13.8 Å². The molecule has 3 aromatic heterocycles. The lowest BCUT2D eigenvalue weighted by atomic mass is 10.1. The Morgan fingerprint density at radius 2 is 2.16 bits per heavy atom. The molecule has 0 N–H and O–H groups in total. The minimum atomic E-state index is -0.338. The van der Waals surface area contributed by atoms with Crippen LogP contribution in [0.15, 0.2) is 39.8 Å². The van der Waals surface area contributed by atoms with Crippen molar-refractivity contribution in [3.63, 3.8) is 0 Å². The average molecular weight is 338 g/mol. The fraction of sp³-hybridized carbons (Fsp3) is 0.333. The van der Waals surface area contributed by atoms with Crippen LogP contribution in [0.5, 0.6) is 0 Å². The van der Waals surface area contributed by atoms with Gasteiger partial charge in [0.1, 0.15) is 22.7 Å². The molecule has 3 aromatic rings. The largest absolute Gasteiger partial charge is 0.361 e. The average Bonchev–Trinajstić information content (AvgIpc) is 3.23. The van der Waals surface area contributed by atoms with Gasteiger partial charge >= 0.3 is 0 Å². The minimum Gasteiger partial charge on any atom is -0.361 e. The second-order valence-corrected chi connectivity index (χ2v) is 6.36. The molecule has 1 amide bonds. The molecule has 1 unspecified atom stereocenters. The number of likely N-dealkylation sites (tertiary alicyclic amines) is 1. The number of amides is 1. The van der Waals surface area contributed by atoms with E-state index in [1.807, 2.05) is 32.0 Å². The zero-order valence-corrected chi connectivity index (χ0v) is 14.1. The molecule has 1 atom stereocenters. The Kier molecular flexibility index (Phi) is 3.63. The lowest BCUT2D eigenvalue weighted by Crippen LogP contribution is -2.36. The first-order valence-electron chi connectivity index (χ1n) is 8.28. The number of pyridine rings is 1. The van der Waals surface area contributed by atoms with Crippen molar-refractivity contribution in [3.05, 3.63) is 63.5 Å². The summed E-state index contributed by atoms with van der Waals surface area (Å²) in [4.78, 5) is 31.8. The Balaban J connectivity index is 1.76. The summed E-state index contributed by atoms with van der Waals surface area (Å²) in [5.41, 5.74) is 1.75. The van der Waals surface area contributed by atoms with Crippen molar-refractivity contribution in [1.82, 2.24) is 19.4 Å². The summed E-state index contributed by atoms with van der Waals surface area (Å²) in [6.07, 6.45) is 3.05. The number of aryl methyl sites for hydroxylation is 2. The molecule has 0 aromatic carbocycles. The fourth-order valence-corrected chi connectivity index (χ4v) is 3.44. The van der Waals surface area contributed by atoms with Gasteiger partial charge in [-0.2, -0.15) is 0 Å². The summed E-state index contributed by atoms with van der Waals surface area (Å²) >= 11 is 0. The molecule has 0 bridgehead atoms. The molecule has 1 fully saturated rings. The van der Waals surface area contributed by atoms with Gasteiger partial charge in [0.2, 0.25) is 0 Å². The highest BCUT2D eigenvalue weighted by atomic mass is 16.5. The first-order valence-corrected chi connectivity index (χ1v) is 8.28. The van der Waals surface area contributed by atoms with E-state index in [0.717, 1.165) is 24.2 Å². The Morgan fingerprint density at radius 3 is 2.92 bits per heavy atom. The highest BCUT2D eigenvalue weighted by Crippen LogP contribution is 2.32. The third-order valence-electron chi connectivity index (χ3n) is 4.66. The molecule has 0 saturated carbocycles. The Morgan fingerprint density at radius 1 is 1.32 bits per heavy atom. The molecule has 0 radical (unpaired) electrons. The predicted octanol–water partition coefficient (Wildman–Crippen LogP) is 2.28. The lowest BCUT2D eigenvalue weighted by molar-refractivity contribution is 0.0728. The number of carbonyl (C=O) groups excluding carboxylic acids is 1. The van der Waals surface area contributed by atoms with Gasteiger partial charge in [0.05, 0.1) is 6.04 Å². The first kappa shape index (κ1) is 15.6. The second kappa shape index (κ2) is 5.84. The van der Waals surface area contributed by atoms with Gasteiger partial charge in [-0.1, -0.05) is 11.2 Å². The molecule has 7 nitrogen and oxygen atoms in total. The molecule has 7 heteroatoms. The molecule has 0 spiro atoms. The molecule has 25 heavy (non-hydrogen) atoms. The van der Waals surface area contributed by atoms with Crippen LogP contribution in [0.2, 0.25) is 0 Å². The van der Waals surface area contributed by atoms with Crippen LogP contribution in [0.3, 0.4) is 0 Å². The smallest absolute Gasteiger partial charge is 0.270 e. The van der Waals surface area contributed by atoms with E-state index in [1.165, 1.54) is 10.6 Å². The standard InChI is InChI=1S/C18H18N4O3/c1-11-5-3-7-16-19-10-13(18(24)22(11)16)17(23)21-8-4-6-15(21)14-9-12(2)25-20-14/h3,5,7,9-10,15H,4,6,8H2,1-2H3. The van der Waals surface area contributed by atoms with E-state index >= 15 is 0 Å². The third kappa shape index (κ3) is 2.52. The summed E-state index contributed by atoms with van der Waals surface area (Å²) in [6.45, 7) is 4.23. The number of fused-ring (bicyclic) bond motifs is 1. The Labute approximate surface area is 143 Å². The Hall–Kier alpha value is -2.96. The summed E-state index contributed by atoms with van der Waals surface area (Å²) in [7, 11) is 0. The van der Waals surface area contributed by atoms with E-state index < -0.39 is 0 Å². The van der Waals surface area contributed by atoms with Gasteiger partial charge in [-0.15, -0.1) is 0 Å². The highest BCUT2D eigenvalue weighted by molar-refractivity contribution is 5.94. The quantitative estimate of drug-likeness (QED) is 0.716. The molecule has 4 rings (SSSR count). The number of nitrogens with zero attached hydrogens (tertiary/aromatic N) is 4. The van der Waals surface area contributed by atoms with Gasteiger partial charge in [0, 0.05) is 24.5 Å². The summed E-state index contributed by atoms with van der Waals surface area (Å²) in [5.74, 6) is 0.399. The molecular formula is C18H18N4O3. The van der Waals surface area contributed by atoms with Crippen LogP contribution in [0.25, 0.3) is 5.65 Å².